The predicted octanol–water partition coefficient (Wildman–Crippen LogP) is 18.9. The molecule has 0 aliphatic carbocycles. The van der Waals surface area contributed by atoms with Crippen LogP contribution in [0.15, 0.2) is 279 Å². The van der Waals surface area contributed by atoms with E-state index in [1.54, 1.807) is 0 Å². The molecule has 0 saturated carbocycles. The highest BCUT2D eigenvalue weighted by atomic mass is 15.1. The molecule has 12 aromatic carbocycles. The van der Waals surface area contributed by atoms with Crippen LogP contribution < -0.4 is 4.90 Å². The molecule has 0 spiro atoms. The van der Waals surface area contributed by atoms with Gasteiger partial charge in [-0.3, -0.25) is 0 Å². The summed E-state index contributed by atoms with van der Waals surface area (Å²) in [5.74, 6) is 0. The van der Waals surface area contributed by atoms with Crippen molar-refractivity contribution in [3.05, 3.63) is 279 Å². The van der Waals surface area contributed by atoms with Gasteiger partial charge >= 0.3 is 0 Å². The van der Waals surface area contributed by atoms with Gasteiger partial charge < -0.3 is 9.47 Å². The monoisotopic (exact) mass is 890 g/mol. The lowest BCUT2D eigenvalue weighted by Gasteiger charge is -2.28. The van der Waals surface area contributed by atoms with E-state index in [1.165, 1.54) is 93.5 Å². The molecule has 70 heavy (non-hydrogen) atoms. The van der Waals surface area contributed by atoms with Crippen LogP contribution in [0.3, 0.4) is 0 Å². The molecule has 2 nitrogen and oxygen atoms in total. The summed E-state index contributed by atoms with van der Waals surface area (Å²) in [6, 6.07) is 102. The van der Waals surface area contributed by atoms with Gasteiger partial charge in [-0.1, -0.05) is 224 Å². The van der Waals surface area contributed by atoms with Gasteiger partial charge in [0.05, 0.1) is 22.4 Å². The normalized spacial score (nSPS) is 11.4. The van der Waals surface area contributed by atoms with E-state index in [2.05, 4.69) is 289 Å². The third-order valence-corrected chi connectivity index (χ3v) is 14.0. The molecule has 0 amide bonds. The second-order valence-corrected chi connectivity index (χ2v) is 18.1. The van der Waals surface area contributed by atoms with E-state index < -0.39 is 0 Å². The molecule has 1 heterocycles. The lowest BCUT2D eigenvalue weighted by atomic mass is 9.94. The Morgan fingerprint density at radius 3 is 1.33 bits per heavy atom. The Kier molecular flexibility index (Phi) is 10.2. The smallest absolute Gasteiger partial charge is 0.0547 e. The number of aromatic nitrogens is 1. The molecule has 0 fully saturated rings. The summed E-state index contributed by atoms with van der Waals surface area (Å²) >= 11 is 0. The topological polar surface area (TPSA) is 8.17 Å². The van der Waals surface area contributed by atoms with Crippen LogP contribution in [0, 0.1) is 0 Å². The van der Waals surface area contributed by atoms with E-state index in [-0.39, 0.29) is 0 Å². The number of nitrogens with zero attached hydrogens (tertiary/aromatic N) is 2. The lowest BCUT2D eigenvalue weighted by molar-refractivity contribution is 1.20. The highest BCUT2D eigenvalue weighted by molar-refractivity contribution is 6.18. The number of para-hydroxylation sites is 2. The number of anilines is 3. The first-order valence-electron chi connectivity index (χ1n) is 24.1. The third kappa shape index (κ3) is 7.22. The van der Waals surface area contributed by atoms with Gasteiger partial charge in [-0.15, -0.1) is 0 Å². The van der Waals surface area contributed by atoms with Crippen LogP contribution in [0.1, 0.15) is 0 Å². The molecule has 0 unspecified atom stereocenters. The molecule has 13 aromatic rings. The first kappa shape index (κ1) is 41.0. The van der Waals surface area contributed by atoms with Gasteiger partial charge in [0.1, 0.15) is 0 Å². The van der Waals surface area contributed by atoms with Crippen molar-refractivity contribution >= 4 is 60.4 Å². The molecule has 0 aliphatic heterocycles. The second kappa shape index (κ2) is 17.4. The molecule has 1 aromatic heterocycles. The first-order chi connectivity index (χ1) is 34.7. The molecule has 13 rings (SSSR count). The molecule has 0 bridgehead atoms. The van der Waals surface area contributed by atoms with Crippen molar-refractivity contribution in [1.29, 1.82) is 0 Å². The van der Waals surface area contributed by atoms with Gasteiger partial charge in [0.15, 0.2) is 0 Å². The molecule has 0 atom stereocenters. The van der Waals surface area contributed by atoms with Crippen LogP contribution >= 0.6 is 0 Å². The van der Waals surface area contributed by atoms with Crippen LogP contribution in [0.4, 0.5) is 17.1 Å². The van der Waals surface area contributed by atoms with Crippen molar-refractivity contribution in [2.45, 2.75) is 0 Å². The fourth-order valence-electron chi connectivity index (χ4n) is 10.7. The summed E-state index contributed by atoms with van der Waals surface area (Å²) in [7, 11) is 0. The Morgan fingerprint density at radius 2 is 0.686 bits per heavy atom. The predicted molar refractivity (Wildman–Crippen MR) is 298 cm³/mol. The summed E-state index contributed by atoms with van der Waals surface area (Å²) in [6.45, 7) is 0. The Morgan fingerprint density at radius 1 is 0.257 bits per heavy atom. The van der Waals surface area contributed by atoms with E-state index >= 15 is 0 Å². The Hall–Kier alpha value is -9.24. The zero-order chi connectivity index (χ0) is 46.4. The number of fused-ring (bicyclic) bond motifs is 6. The molecule has 0 N–H and O–H groups in total. The van der Waals surface area contributed by atoms with Crippen LogP contribution in [-0.2, 0) is 0 Å². The van der Waals surface area contributed by atoms with E-state index in [9.17, 15) is 0 Å². The minimum absolute atomic E-state index is 1.08. The zero-order valence-corrected chi connectivity index (χ0v) is 38.5. The quantitative estimate of drug-likeness (QED) is 0.131. The van der Waals surface area contributed by atoms with Crippen LogP contribution in [0.2, 0.25) is 0 Å². The SMILES string of the molecule is c1ccc(-c2ccc(-c3ccc(N(c4ccc(-c5ccccc5)cc4)c4ccccc4-c4cccc(-c5cccc6c5c5ccccc5n6-c5cc6ccccc6c6ccccc56)c4)cc3)cc2)cc1. The number of rotatable bonds is 9. The van der Waals surface area contributed by atoms with Crippen molar-refractivity contribution in [1.82, 2.24) is 4.57 Å². The summed E-state index contributed by atoms with van der Waals surface area (Å²) in [5.41, 5.74) is 18.7. The summed E-state index contributed by atoms with van der Waals surface area (Å²) in [6.07, 6.45) is 0. The summed E-state index contributed by atoms with van der Waals surface area (Å²) < 4.78 is 2.48. The Bertz CT molecular complexity index is 4020. The standard InChI is InChI=1S/C68H46N2/c1-3-17-47(18-4-1)49-33-35-50(36-34-49)52-39-43-57(44-40-52)69(56-41-37-51(38-42-56)48-19-5-2-6-20-48)64-30-13-11-25-59(64)53-22-15-23-54(45-53)60-29-16-32-66-68(60)63-28-12-14-31-65(63)70(66)67-46-55-21-7-8-24-58(55)61-26-9-10-27-62(61)67/h1-46H. The summed E-state index contributed by atoms with van der Waals surface area (Å²) in [5, 5.41) is 7.47. The summed E-state index contributed by atoms with van der Waals surface area (Å²) in [4.78, 5) is 2.40. The largest absolute Gasteiger partial charge is 0.310 e. The number of hydrogen-bond donors (Lipinski definition) is 0. The van der Waals surface area contributed by atoms with E-state index in [0.29, 0.717) is 0 Å². The van der Waals surface area contributed by atoms with Gasteiger partial charge in [-0.05, 0) is 121 Å². The fourth-order valence-corrected chi connectivity index (χ4v) is 10.7. The first-order valence-corrected chi connectivity index (χ1v) is 24.1. The van der Waals surface area contributed by atoms with Crippen molar-refractivity contribution in [2.75, 3.05) is 4.90 Å². The van der Waals surface area contributed by atoms with Crippen molar-refractivity contribution in [2.24, 2.45) is 0 Å². The van der Waals surface area contributed by atoms with Crippen LogP contribution in [-0.4, -0.2) is 4.57 Å². The molecule has 0 aliphatic rings. The molecule has 2 heteroatoms. The zero-order valence-electron chi connectivity index (χ0n) is 38.5. The minimum atomic E-state index is 1.08. The van der Waals surface area contributed by atoms with E-state index in [0.717, 1.165) is 28.2 Å². The van der Waals surface area contributed by atoms with Gasteiger partial charge in [0, 0.05) is 33.1 Å². The highest BCUT2D eigenvalue weighted by Gasteiger charge is 2.21. The van der Waals surface area contributed by atoms with Crippen molar-refractivity contribution in [3.63, 3.8) is 0 Å². The van der Waals surface area contributed by atoms with Crippen molar-refractivity contribution in [3.8, 4) is 61.3 Å². The minimum Gasteiger partial charge on any atom is -0.310 e. The molecular weight excluding hydrogens is 845 g/mol. The number of hydrogen-bond acceptors (Lipinski definition) is 1. The molecular formula is C68H46N2. The van der Waals surface area contributed by atoms with Gasteiger partial charge in [-0.2, -0.15) is 0 Å². The van der Waals surface area contributed by atoms with Gasteiger partial charge in [0.2, 0.25) is 0 Å². The Labute approximate surface area is 408 Å². The van der Waals surface area contributed by atoms with Gasteiger partial charge in [-0.25, -0.2) is 0 Å². The lowest BCUT2D eigenvalue weighted by Crippen LogP contribution is -2.11. The highest BCUT2D eigenvalue weighted by Crippen LogP contribution is 2.45. The third-order valence-electron chi connectivity index (χ3n) is 14.0. The Balaban J connectivity index is 0.931. The van der Waals surface area contributed by atoms with Crippen LogP contribution in [0.25, 0.3) is 105 Å². The number of benzene rings is 12. The average molecular weight is 891 g/mol. The average Bonchev–Trinajstić information content (AvgIpc) is 3.78. The van der Waals surface area contributed by atoms with E-state index in [1.807, 2.05) is 0 Å². The maximum atomic E-state index is 2.48. The molecule has 328 valence electrons. The van der Waals surface area contributed by atoms with E-state index in [4.69, 9.17) is 0 Å². The molecule has 0 saturated heterocycles. The van der Waals surface area contributed by atoms with Crippen molar-refractivity contribution < 1.29 is 0 Å². The maximum absolute atomic E-state index is 2.48. The maximum Gasteiger partial charge on any atom is 0.0547 e. The fraction of sp³-hybridized carbons (Fsp3) is 0. The van der Waals surface area contributed by atoms with Gasteiger partial charge in [0.25, 0.3) is 0 Å². The van der Waals surface area contributed by atoms with Crippen LogP contribution in [0.5, 0.6) is 0 Å². The second-order valence-electron chi connectivity index (χ2n) is 18.1. The molecule has 0 radical (unpaired) electrons.